The third-order valence-electron chi connectivity index (χ3n) is 8.60. The number of methoxy groups -OCH3 is 2. The number of aliphatic hydroxyl groups is 3. The van der Waals surface area contributed by atoms with Crippen molar-refractivity contribution in [3.63, 3.8) is 0 Å². The molecule has 2 fully saturated rings. The molecular weight excluding hydrogens is 635 g/mol. The van der Waals surface area contributed by atoms with Crippen LogP contribution in [0.1, 0.15) is 42.1 Å². The summed E-state index contributed by atoms with van der Waals surface area (Å²) in [6.45, 7) is 1.79. The minimum Gasteiger partial charge on any atom is -0.493 e. The molecule has 0 amide bonds. The van der Waals surface area contributed by atoms with Crippen molar-refractivity contribution < 1.29 is 76.9 Å². The number of cyclic esters (lactones) is 1. The summed E-state index contributed by atoms with van der Waals surface area (Å²) in [6, 6.07) is 6.28. The summed E-state index contributed by atoms with van der Waals surface area (Å²) >= 11 is 0. The Balaban J connectivity index is 1.41. The van der Waals surface area contributed by atoms with Crippen LogP contribution in [-0.2, 0) is 28.3 Å². The van der Waals surface area contributed by atoms with Crippen LogP contribution < -0.4 is 23.5 Å². The number of carbonyl (C=O) groups excluding carboxylic acids is 1. The monoisotopic (exact) mass is 670 g/mol. The fraction of sp³-hybridized carbons (Fsp3) is 0.552. The number of hydrogen-bond acceptors (Lipinski definition) is 14. The molecule has 2 aromatic rings. The molecule has 17 heteroatoms. The molecule has 0 radical (unpaired) electrons. The van der Waals surface area contributed by atoms with Crippen LogP contribution in [0.4, 0.5) is 0 Å². The number of esters is 1. The quantitative estimate of drug-likeness (QED) is 0.136. The molecular formula is C29H35O16P. The molecule has 3 aliphatic heterocycles. The van der Waals surface area contributed by atoms with E-state index in [1.165, 1.54) is 26.4 Å². The molecule has 2 aromatic carbocycles. The largest absolute Gasteiger partial charge is 0.525 e. The average molecular weight is 671 g/mol. The smallest absolute Gasteiger partial charge is 0.493 e. The second-order valence-corrected chi connectivity index (χ2v) is 12.5. The Morgan fingerprint density at radius 3 is 2.22 bits per heavy atom. The van der Waals surface area contributed by atoms with E-state index < -0.39 is 68.5 Å². The van der Waals surface area contributed by atoms with E-state index in [0.29, 0.717) is 34.8 Å². The van der Waals surface area contributed by atoms with Gasteiger partial charge < -0.3 is 57.7 Å². The summed E-state index contributed by atoms with van der Waals surface area (Å²) < 4.78 is 61.1. The molecule has 9 atom stereocenters. The Morgan fingerprint density at radius 2 is 1.61 bits per heavy atom. The summed E-state index contributed by atoms with van der Waals surface area (Å²) in [5.74, 6) is -2.65. The minimum atomic E-state index is -5.01. The van der Waals surface area contributed by atoms with Gasteiger partial charge in [-0.25, -0.2) is 4.57 Å². The van der Waals surface area contributed by atoms with Gasteiger partial charge in [-0.2, -0.15) is 0 Å². The number of fused-ring (bicyclic) bond motifs is 3. The average Bonchev–Trinajstić information content (AvgIpc) is 3.64. The van der Waals surface area contributed by atoms with Crippen molar-refractivity contribution >= 4 is 13.8 Å². The Hall–Kier alpha value is -3.18. The van der Waals surface area contributed by atoms with Gasteiger partial charge in [0.15, 0.2) is 35.6 Å². The van der Waals surface area contributed by atoms with Gasteiger partial charge in [-0.3, -0.25) is 14.6 Å². The SMILES string of the molecule is COc1cc(C2c3cc4c(cc3C(OC(O)C(O)C(O)C3CCOC(C)O3)C3COC(=O)C23)OCO4)cc(OC)c1OP(=O)(O)O. The van der Waals surface area contributed by atoms with E-state index in [-0.39, 0.29) is 37.1 Å². The van der Waals surface area contributed by atoms with Crippen LogP contribution in [0.15, 0.2) is 24.3 Å². The van der Waals surface area contributed by atoms with Gasteiger partial charge in [0.1, 0.15) is 12.2 Å². The third-order valence-corrected chi connectivity index (χ3v) is 9.02. The highest BCUT2D eigenvalue weighted by Gasteiger charge is 2.54. The minimum absolute atomic E-state index is 0.0591. The maximum absolute atomic E-state index is 13.4. The molecule has 1 aliphatic carbocycles. The van der Waals surface area contributed by atoms with E-state index in [1.54, 1.807) is 19.1 Å². The molecule has 4 aliphatic rings. The number of phosphoric ester groups is 1. The summed E-state index contributed by atoms with van der Waals surface area (Å²) in [6.07, 6.45) is -7.37. The lowest BCUT2D eigenvalue weighted by Gasteiger charge is -2.41. The van der Waals surface area contributed by atoms with E-state index in [9.17, 15) is 34.5 Å². The lowest BCUT2D eigenvalue weighted by atomic mass is 9.66. The summed E-state index contributed by atoms with van der Waals surface area (Å²) in [5.41, 5.74) is 1.45. The van der Waals surface area contributed by atoms with Gasteiger partial charge in [0.2, 0.25) is 12.5 Å². The van der Waals surface area contributed by atoms with Gasteiger partial charge in [-0.05, 0) is 54.3 Å². The van der Waals surface area contributed by atoms with E-state index in [2.05, 4.69) is 0 Å². The molecule has 0 spiro atoms. The highest BCUT2D eigenvalue weighted by Crippen LogP contribution is 2.57. The maximum Gasteiger partial charge on any atom is 0.525 e. The van der Waals surface area contributed by atoms with Crippen LogP contribution in [0.25, 0.3) is 0 Å². The van der Waals surface area contributed by atoms with Crippen LogP contribution in [0.2, 0.25) is 0 Å². The van der Waals surface area contributed by atoms with Crippen molar-refractivity contribution in [3.05, 3.63) is 41.0 Å². The standard InChI is InChI=1S/C29H35O16P/c1-12-39-5-4-17(43-12)24(30)25(31)29(33)44-26-15-9-19-18(41-11-42-19)8-14(15)22(23-16(26)10-40-28(23)32)13-6-20(37-2)27(21(7-13)38-3)45-46(34,35)36/h6-9,12,16-17,22-26,29-31,33H,4-5,10-11H2,1-3H3,(H2,34,35,36). The van der Waals surface area contributed by atoms with Crippen LogP contribution in [-0.4, -0.2) is 96.2 Å². The predicted octanol–water partition coefficient (Wildman–Crippen LogP) is 1.09. The van der Waals surface area contributed by atoms with Gasteiger partial charge in [0, 0.05) is 11.8 Å². The van der Waals surface area contributed by atoms with E-state index in [0.717, 1.165) is 0 Å². The molecule has 3 heterocycles. The zero-order chi connectivity index (χ0) is 32.9. The fourth-order valence-electron chi connectivity index (χ4n) is 6.55. The molecule has 2 saturated heterocycles. The third kappa shape index (κ3) is 6.12. The zero-order valence-corrected chi connectivity index (χ0v) is 25.9. The van der Waals surface area contributed by atoms with Crippen molar-refractivity contribution in [2.75, 3.05) is 34.2 Å². The predicted molar refractivity (Wildman–Crippen MR) is 151 cm³/mol. The molecule has 6 rings (SSSR count). The molecule has 46 heavy (non-hydrogen) atoms. The van der Waals surface area contributed by atoms with Gasteiger partial charge in [-0.1, -0.05) is 0 Å². The number of phosphoric acid groups is 1. The number of benzene rings is 2. The Bertz CT molecular complexity index is 1490. The van der Waals surface area contributed by atoms with Gasteiger partial charge >= 0.3 is 13.8 Å². The van der Waals surface area contributed by atoms with Crippen molar-refractivity contribution in [1.82, 2.24) is 0 Å². The highest BCUT2D eigenvalue weighted by atomic mass is 31.2. The van der Waals surface area contributed by atoms with E-state index in [4.69, 9.17) is 42.4 Å². The first-order chi connectivity index (χ1) is 21.9. The van der Waals surface area contributed by atoms with Crippen LogP contribution >= 0.6 is 7.82 Å². The Kier molecular flexibility index (Phi) is 9.10. The van der Waals surface area contributed by atoms with Gasteiger partial charge in [0.25, 0.3) is 0 Å². The summed E-state index contributed by atoms with van der Waals surface area (Å²) in [7, 11) is -2.45. The van der Waals surface area contributed by atoms with Crippen molar-refractivity contribution in [2.24, 2.45) is 11.8 Å². The van der Waals surface area contributed by atoms with Gasteiger partial charge in [-0.15, -0.1) is 0 Å². The molecule has 5 N–H and O–H groups in total. The topological polar surface area (TPSA) is 218 Å². The lowest BCUT2D eigenvalue weighted by Crippen LogP contribution is -2.50. The first-order valence-corrected chi connectivity index (χ1v) is 16.0. The van der Waals surface area contributed by atoms with E-state index >= 15 is 0 Å². The number of ether oxygens (including phenoxy) is 8. The molecule has 16 nitrogen and oxygen atoms in total. The molecule has 0 aromatic heterocycles. The first-order valence-electron chi connectivity index (χ1n) is 14.5. The Labute approximate surface area is 262 Å². The first kappa shape index (κ1) is 32.7. The Morgan fingerprint density at radius 1 is 0.957 bits per heavy atom. The highest BCUT2D eigenvalue weighted by molar-refractivity contribution is 7.46. The van der Waals surface area contributed by atoms with E-state index in [1.807, 2.05) is 0 Å². The number of aliphatic hydroxyl groups excluding tert-OH is 3. The number of hydrogen-bond donors (Lipinski definition) is 5. The van der Waals surface area contributed by atoms with Crippen LogP contribution in [0, 0.1) is 11.8 Å². The lowest BCUT2D eigenvalue weighted by molar-refractivity contribution is -0.266. The van der Waals surface area contributed by atoms with Crippen molar-refractivity contribution in [2.45, 2.75) is 56.3 Å². The van der Waals surface area contributed by atoms with Gasteiger partial charge in [0.05, 0.1) is 45.6 Å². The number of rotatable bonds is 10. The number of carbonyl (C=O) groups is 1. The fourth-order valence-corrected chi connectivity index (χ4v) is 6.97. The zero-order valence-electron chi connectivity index (χ0n) is 25.0. The van der Waals surface area contributed by atoms with Crippen LogP contribution in [0.3, 0.4) is 0 Å². The molecule has 252 valence electrons. The summed E-state index contributed by atoms with van der Waals surface area (Å²) in [4.78, 5) is 32.4. The molecule has 0 bridgehead atoms. The second-order valence-electron chi connectivity index (χ2n) is 11.3. The maximum atomic E-state index is 13.4. The second kappa shape index (κ2) is 12.8. The summed E-state index contributed by atoms with van der Waals surface area (Å²) in [5, 5.41) is 32.8. The normalized spacial score (nSPS) is 28.8. The van der Waals surface area contributed by atoms with Crippen LogP contribution in [0.5, 0.6) is 28.7 Å². The molecule has 9 unspecified atom stereocenters. The molecule has 0 saturated carbocycles. The van der Waals surface area contributed by atoms with Crippen molar-refractivity contribution in [1.29, 1.82) is 0 Å². The van der Waals surface area contributed by atoms with Crippen molar-refractivity contribution in [3.8, 4) is 28.7 Å².